The Hall–Kier alpha value is -2.25. The molecule has 0 fully saturated rings. The van der Waals surface area contributed by atoms with E-state index < -0.39 is 6.36 Å². The van der Waals surface area contributed by atoms with Gasteiger partial charge in [0.15, 0.2) is 5.82 Å². The fraction of sp³-hybridized carbons (Fsp3) is 0.385. The van der Waals surface area contributed by atoms with Crippen LogP contribution in [0.3, 0.4) is 0 Å². The molecule has 0 atom stereocenters. The molecule has 2 rings (SSSR count). The van der Waals surface area contributed by atoms with Crippen LogP contribution in [0, 0.1) is 0 Å². The molecule has 1 aromatic carbocycles. The molecule has 0 aliphatic carbocycles. The molecule has 0 amide bonds. The van der Waals surface area contributed by atoms with Gasteiger partial charge in [-0.15, -0.1) is 18.3 Å². The van der Waals surface area contributed by atoms with Crippen molar-refractivity contribution in [2.75, 3.05) is 5.73 Å². The van der Waals surface area contributed by atoms with Gasteiger partial charge in [-0.25, -0.2) is 4.68 Å². The van der Waals surface area contributed by atoms with Gasteiger partial charge < -0.3 is 10.5 Å². The van der Waals surface area contributed by atoms with Crippen LogP contribution in [-0.4, -0.2) is 21.4 Å². The largest absolute Gasteiger partial charge is 0.573 e. The van der Waals surface area contributed by atoms with Crippen LogP contribution in [0.5, 0.6) is 5.75 Å². The molecule has 1 heterocycles. The third-order valence-electron chi connectivity index (χ3n) is 2.84. The summed E-state index contributed by atoms with van der Waals surface area (Å²) in [5, 5.41) is 7.76. The number of benzene rings is 1. The molecule has 114 valence electrons. The number of halogens is 3. The number of nitrogen functional groups attached to an aromatic ring is 1. The zero-order valence-corrected chi connectivity index (χ0v) is 11.6. The van der Waals surface area contributed by atoms with Crippen molar-refractivity contribution >= 4 is 5.82 Å². The quantitative estimate of drug-likeness (QED) is 0.942. The number of hydrogen-bond donors (Lipinski definition) is 1. The molecule has 0 saturated heterocycles. The van der Waals surface area contributed by atoms with E-state index in [1.165, 1.54) is 12.1 Å². The molecule has 0 unspecified atom stereocenters. The fourth-order valence-electron chi connectivity index (χ4n) is 2.01. The number of rotatable bonds is 4. The summed E-state index contributed by atoms with van der Waals surface area (Å²) >= 11 is 0. The Balaban J connectivity index is 2.14. The third-order valence-corrected chi connectivity index (χ3v) is 2.84. The Kier molecular flexibility index (Phi) is 4.06. The SMILES string of the molecule is CC(C)c1c(N)nnn1Cc1ccc(OC(F)(F)F)cc1. The lowest BCUT2D eigenvalue weighted by Gasteiger charge is -2.11. The van der Waals surface area contributed by atoms with Gasteiger partial charge in [-0.2, -0.15) is 0 Å². The van der Waals surface area contributed by atoms with E-state index in [9.17, 15) is 13.2 Å². The van der Waals surface area contributed by atoms with Crippen molar-refractivity contribution in [1.82, 2.24) is 15.0 Å². The summed E-state index contributed by atoms with van der Waals surface area (Å²) in [6, 6.07) is 5.61. The molecule has 0 aliphatic heterocycles. The normalized spacial score (nSPS) is 11.9. The van der Waals surface area contributed by atoms with E-state index in [1.807, 2.05) is 13.8 Å². The molecule has 2 aromatic rings. The fourth-order valence-corrected chi connectivity index (χ4v) is 2.01. The Morgan fingerprint density at radius 3 is 2.38 bits per heavy atom. The Morgan fingerprint density at radius 1 is 1.24 bits per heavy atom. The average molecular weight is 300 g/mol. The van der Waals surface area contributed by atoms with Gasteiger partial charge in [0.05, 0.1) is 12.2 Å². The van der Waals surface area contributed by atoms with Gasteiger partial charge in [0, 0.05) is 0 Å². The summed E-state index contributed by atoms with van der Waals surface area (Å²) in [5.74, 6) is 0.253. The standard InChI is InChI=1S/C13H15F3N4O/c1-8(2)11-12(17)18-19-20(11)7-9-3-5-10(6-4-9)21-13(14,15)16/h3-6,8H,7,17H2,1-2H3. The second kappa shape index (κ2) is 5.63. The molecule has 5 nitrogen and oxygen atoms in total. The number of nitrogens with zero attached hydrogens (tertiary/aromatic N) is 3. The molecule has 8 heteroatoms. The van der Waals surface area contributed by atoms with Gasteiger partial charge in [0.1, 0.15) is 5.75 Å². The van der Waals surface area contributed by atoms with Crippen LogP contribution in [0.25, 0.3) is 0 Å². The lowest BCUT2D eigenvalue weighted by molar-refractivity contribution is -0.274. The molecule has 0 spiro atoms. The highest BCUT2D eigenvalue weighted by molar-refractivity contribution is 5.36. The highest BCUT2D eigenvalue weighted by Gasteiger charge is 2.30. The zero-order chi connectivity index (χ0) is 15.6. The van der Waals surface area contributed by atoms with Crippen molar-refractivity contribution in [3.05, 3.63) is 35.5 Å². The van der Waals surface area contributed by atoms with Crippen LogP contribution >= 0.6 is 0 Å². The van der Waals surface area contributed by atoms with E-state index in [2.05, 4.69) is 15.0 Å². The van der Waals surface area contributed by atoms with E-state index in [4.69, 9.17) is 5.73 Å². The first-order valence-corrected chi connectivity index (χ1v) is 6.30. The average Bonchev–Trinajstić information content (AvgIpc) is 2.71. The minimum absolute atomic E-state index is 0.146. The Labute approximate surface area is 119 Å². The molecule has 2 N–H and O–H groups in total. The van der Waals surface area contributed by atoms with Gasteiger partial charge in [-0.3, -0.25) is 0 Å². The highest BCUT2D eigenvalue weighted by atomic mass is 19.4. The predicted octanol–water partition coefficient (Wildman–Crippen LogP) is 2.93. The van der Waals surface area contributed by atoms with Gasteiger partial charge in [-0.1, -0.05) is 31.2 Å². The first-order chi connectivity index (χ1) is 9.76. The summed E-state index contributed by atoms with van der Waals surface area (Å²) in [7, 11) is 0. The lowest BCUT2D eigenvalue weighted by atomic mass is 10.1. The smallest absolute Gasteiger partial charge is 0.406 e. The van der Waals surface area contributed by atoms with Crippen LogP contribution in [0.15, 0.2) is 24.3 Å². The summed E-state index contributed by atoms with van der Waals surface area (Å²) < 4.78 is 41.7. The Bertz CT molecular complexity index is 605. The summed E-state index contributed by atoms with van der Waals surface area (Å²) in [6.45, 7) is 4.31. The summed E-state index contributed by atoms with van der Waals surface area (Å²) in [4.78, 5) is 0. The van der Waals surface area contributed by atoms with Crippen molar-refractivity contribution in [2.24, 2.45) is 0 Å². The van der Waals surface area contributed by atoms with Crippen molar-refractivity contribution in [3.8, 4) is 5.75 Å². The maximum Gasteiger partial charge on any atom is 0.573 e. The maximum absolute atomic E-state index is 12.1. The minimum atomic E-state index is -4.69. The van der Waals surface area contributed by atoms with Crippen molar-refractivity contribution in [1.29, 1.82) is 0 Å². The topological polar surface area (TPSA) is 66.0 Å². The monoisotopic (exact) mass is 300 g/mol. The number of ether oxygens (including phenoxy) is 1. The number of alkyl halides is 3. The van der Waals surface area contributed by atoms with Crippen molar-refractivity contribution in [2.45, 2.75) is 32.7 Å². The highest BCUT2D eigenvalue weighted by Crippen LogP contribution is 2.24. The van der Waals surface area contributed by atoms with Crippen LogP contribution in [0.1, 0.15) is 31.0 Å². The first-order valence-electron chi connectivity index (χ1n) is 6.30. The predicted molar refractivity (Wildman–Crippen MR) is 70.8 cm³/mol. The van der Waals surface area contributed by atoms with Crippen LogP contribution in [-0.2, 0) is 6.54 Å². The minimum Gasteiger partial charge on any atom is -0.406 e. The second-order valence-electron chi connectivity index (χ2n) is 4.86. The van der Waals surface area contributed by atoms with Crippen molar-refractivity contribution < 1.29 is 17.9 Å². The maximum atomic E-state index is 12.1. The molecule has 0 bridgehead atoms. The second-order valence-corrected chi connectivity index (χ2v) is 4.86. The number of nitrogens with two attached hydrogens (primary N) is 1. The molecule has 21 heavy (non-hydrogen) atoms. The van der Waals surface area contributed by atoms with E-state index in [1.54, 1.807) is 16.8 Å². The lowest BCUT2D eigenvalue weighted by Crippen LogP contribution is -2.17. The van der Waals surface area contributed by atoms with Gasteiger partial charge in [0.25, 0.3) is 0 Å². The van der Waals surface area contributed by atoms with Gasteiger partial charge in [0.2, 0.25) is 0 Å². The Morgan fingerprint density at radius 2 is 1.86 bits per heavy atom. The summed E-state index contributed by atoms with van der Waals surface area (Å²) in [5.41, 5.74) is 7.32. The number of hydrogen-bond acceptors (Lipinski definition) is 4. The number of anilines is 1. The molecule has 0 aliphatic rings. The van der Waals surface area contributed by atoms with Gasteiger partial charge in [-0.05, 0) is 23.6 Å². The molecule has 0 radical (unpaired) electrons. The van der Waals surface area contributed by atoms with Crippen LogP contribution in [0.2, 0.25) is 0 Å². The molecule has 1 aromatic heterocycles. The zero-order valence-electron chi connectivity index (χ0n) is 11.6. The number of aromatic nitrogens is 3. The van der Waals surface area contributed by atoms with E-state index in [0.717, 1.165) is 11.3 Å². The van der Waals surface area contributed by atoms with Gasteiger partial charge >= 0.3 is 6.36 Å². The molecular formula is C13H15F3N4O. The first kappa shape index (κ1) is 15.1. The van der Waals surface area contributed by atoms with E-state index >= 15 is 0 Å². The molecular weight excluding hydrogens is 285 g/mol. The van der Waals surface area contributed by atoms with E-state index in [0.29, 0.717) is 12.4 Å². The third kappa shape index (κ3) is 3.87. The van der Waals surface area contributed by atoms with E-state index in [-0.39, 0.29) is 11.7 Å². The van der Waals surface area contributed by atoms with Crippen LogP contribution < -0.4 is 10.5 Å². The van der Waals surface area contributed by atoms with Crippen LogP contribution in [0.4, 0.5) is 19.0 Å². The summed E-state index contributed by atoms with van der Waals surface area (Å²) in [6.07, 6.45) is -4.69. The molecule has 0 saturated carbocycles. The van der Waals surface area contributed by atoms with Crippen molar-refractivity contribution in [3.63, 3.8) is 0 Å².